The van der Waals surface area contributed by atoms with Gasteiger partial charge in [-0.3, -0.25) is 4.79 Å². The first kappa shape index (κ1) is 15.3. The van der Waals surface area contributed by atoms with Crippen molar-refractivity contribution in [1.29, 1.82) is 0 Å². The highest BCUT2D eigenvalue weighted by atomic mass is 16.5. The van der Waals surface area contributed by atoms with Crippen LogP contribution < -0.4 is 0 Å². The Labute approximate surface area is 126 Å². The summed E-state index contributed by atoms with van der Waals surface area (Å²) in [5.41, 5.74) is 1.71. The van der Waals surface area contributed by atoms with E-state index in [1.54, 1.807) is 0 Å². The number of ether oxygens (including phenoxy) is 1. The van der Waals surface area contributed by atoms with Crippen LogP contribution in [0.2, 0.25) is 0 Å². The number of rotatable bonds is 6. The van der Waals surface area contributed by atoms with Crippen molar-refractivity contribution < 1.29 is 9.53 Å². The molecular formula is C19H22O2. The van der Waals surface area contributed by atoms with Gasteiger partial charge in [-0.15, -0.1) is 0 Å². The van der Waals surface area contributed by atoms with Crippen molar-refractivity contribution in [3.05, 3.63) is 71.8 Å². The lowest BCUT2D eigenvalue weighted by Gasteiger charge is -2.26. The van der Waals surface area contributed by atoms with Gasteiger partial charge in [-0.05, 0) is 30.9 Å². The molecule has 0 radical (unpaired) electrons. The van der Waals surface area contributed by atoms with Gasteiger partial charge in [0.2, 0.25) is 0 Å². The largest absolute Gasteiger partial charge is 0.460 e. The van der Waals surface area contributed by atoms with Crippen molar-refractivity contribution >= 4 is 5.97 Å². The summed E-state index contributed by atoms with van der Waals surface area (Å²) in [5.74, 6) is -0.127. The molecule has 2 nitrogen and oxygen atoms in total. The molecule has 0 fully saturated rings. The van der Waals surface area contributed by atoms with Crippen LogP contribution in [0.1, 0.15) is 31.4 Å². The maximum absolute atomic E-state index is 12.5. The fourth-order valence-electron chi connectivity index (χ4n) is 2.29. The van der Waals surface area contributed by atoms with E-state index in [1.807, 2.05) is 62.4 Å². The highest BCUT2D eigenvalue weighted by Crippen LogP contribution is 2.28. The summed E-state index contributed by atoms with van der Waals surface area (Å²) in [5, 5.41) is 0. The molecule has 2 aromatic rings. The molecule has 21 heavy (non-hydrogen) atoms. The summed E-state index contributed by atoms with van der Waals surface area (Å²) >= 11 is 0. The maximum Gasteiger partial charge on any atom is 0.312 e. The van der Waals surface area contributed by atoms with E-state index in [9.17, 15) is 4.79 Å². The summed E-state index contributed by atoms with van der Waals surface area (Å²) in [4.78, 5) is 12.5. The lowest BCUT2D eigenvalue weighted by molar-refractivity contribution is -0.156. The molecule has 0 saturated heterocycles. The van der Waals surface area contributed by atoms with Crippen LogP contribution in [0.5, 0.6) is 0 Å². The van der Waals surface area contributed by atoms with E-state index in [4.69, 9.17) is 4.74 Å². The predicted molar refractivity (Wildman–Crippen MR) is 84.8 cm³/mol. The average Bonchev–Trinajstić information content (AvgIpc) is 2.54. The SMILES string of the molecule is CCC(C)(Cc1ccccc1)C(=O)OCc1ccccc1. The fourth-order valence-corrected chi connectivity index (χ4v) is 2.29. The van der Waals surface area contributed by atoms with Gasteiger partial charge in [-0.25, -0.2) is 0 Å². The van der Waals surface area contributed by atoms with Crippen molar-refractivity contribution in [2.24, 2.45) is 5.41 Å². The van der Waals surface area contributed by atoms with E-state index in [0.29, 0.717) is 13.0 Å². The second-order valence-corrected chi connectivity index (χ2v) is 5.64. The standard InChI is InChI=1S/C19H22O2/c1-3-19(2,14-16-10-6-4-7-11-16)18(20)21-15-17-12-8-5-9-13-17/h4-13H,3,14-15H2,1-2H3. The van der Waals surface area contributed by atoms with Gasteiger partial charge in [0.1, 0.15) is 6.61 Å². The van der Waals surface area contributed by atoms with Crippen molar-refractivity contribution in [2.45, 2.75) is 33.3 Å². The van der Waals surface area contributed by atoms with Crippen molar-refractivity contribution in [3.63, 3.8) is 0 Å². The Hall–Kier alpha value is -2.09. The minimum absolute atomic E-state index is 0.127. The van der Waals surface area contributed by atoms with E-state index in [-0.39, 0.29) is 5.97 Å². The Morgan fingerprint density at radius 1 is 0.952 bits per heavy atom. The molecule has 0 saturated carbocycles. The Bertz CT molecular complexity index is 563. The van der Waals surface area contributed by atoms with E-state index in [1.165, 1.54) is 5.56 Å². The zero-order valence-corrected chi connectivity index (χ0v) is 12.7. The number of esters is 1. The zero-order chi connectivity index (χ0) is 15.1. The molecule has 0 spiro atoms. The van der Waals surface area contributed by atoms with Crippen LogP contribution >= 0.6 is 0 Å². The van der Waals surface area contributed by atoms with E-state index in [0.717, 1.165) is 12.0 Å². The Morgan fingerprint density at radius 3 is 2.00 bits per heavy atom. The number of hydrogen-bond acceptors (Lipinski definition) is 2. The lowest BCUT2D eigenvalue weighted by atomic mass is 9.81. The number of carbonyl (C=O) groups is 1. The van der Waals surface area contributed by atoms with Gasteiger partial charge in [0, 0.05) is 0 Å². The van der Waals surface area contributed by atoms with Crippen LogP contribution in [0.3, 0.4) is 0 Å². The third-order valence-electron chi connectivity index (χ3n) is 3.92. The van der Waals surface area contributed by atoms with Gasteiger partial charge in [0.05, 0.1) is 5.41 Å². The van der Waals surface area contributed by atoms with Crippen molar-refractivity contribution in [3.8, 4) is 0 Å². The second-order valence-electron chi connectivity index (χ2n) is 5.64. The molecular weight excluding hydrogens is 260 g/mol. The Kier molecular flexibility index (Phi) is 5.15. The van der Waals surface area contributed by atoms with Gasteiger partial charge in [-0.2, -0.15) is 0 Å². The van der Waals surface area contributed by atoms with Crippen LogP contribution in [0.15, 0.2) is 60.7 Å². The Balaban J connectivity index is 2.00. The molecule has 0 aliphatic rings. The zero-order valence-electron chi connectivity index (χ0n) is 12.7. The van der Waals surface area contributed by atoms with Gasteiger partial charge < -0.3 is 4.74 Å². The predicted octanol–water partition coefficient (Wildman–Crippen LogP) is 4.39. The van der Waals surface area contributed by atoms with Gasteiger partial charge >= 0.3 is 5.97 Å². The van der Waals surface area contributed by atoms with Crippen LogP contribution in [-0.4, -0.2) is 5.97 Å². The summed E-state index contributed by atoms with van der Waals surface area (Å²) in [6, 6.07) is 19.9. The summed E-state index contributed by atoms with van der Waals surface area (Å²) in [6.45, 7) is 4.35. The topological polar surface area (TPSA) is 26.3 Å². The highest BCUT2D eigenvalue weighted by molar-refractivity contribution is 5.76. The van der Waals surface area contributed by atoms with Crippen molar-refractivity contribution in [1.82, 2.24) is 0 Å². The van der Waals surface area contributed by atoms with E-state index < -0.39 is 5.41 Å². The molecule has 2 aromatic carbocycles. The molecule has 110 valence electrons. The molecule has 0 aliphatic heterocycles. The summed E-state index contributed by atoms with van der Waals surface area (Å²) in [6.07, 6.45) is 1.47. The minimum Gasteiger partial charge on any atom is -0.460 e. The molecule has 0 amide bonds. The average molecular weight is 282 g/mol. The number of benzene rings is 2. The van der Waals surface area contributed by atoms with Crippen LogP contribution in [-0.2, 0) is 22.6 Å². The molecule has 0 N–H and O–H groups in total. The van der Waals surface area contributed by atoms with Crippen LogP contribution in [0.25, 0.3) is 0 Å². The molecule has 2 rings (SSSR count). The minimum atomic E-state index is -0.476. The van der Waals surface area contributed by atoms with E-state index >= 15 is 0 Å². The lowest BCUT2D eigenvalue weighted by Crippen LogP contribution is -2.31. The Morgan fingerprint density at radius 2 is 1.48 bits per heavy atom. The van der Waals surface area contributed by atoms with Gasteiger partial charge in [0.25, 0.3) is 0 Å². The van der Waals surface area contributed by atoms with Crippen LogP contribution in [0, 0.1) is 5.41 Å². The summed E-state index contributed by atoms with van der Waals surface area (Å²) in [7, 11) is 0. The molecule has 1 atom stereocenters. The smallest absolute Gasteiger partial charge is 0.312 e. The second kappa shape index (κ2) is 7.07. The van der Waals surface area contributed by atoms with E-state index in [2.05, 4.69) is 12.1 Å². The third-order valence-corrected chi connectivity index (χ3v) is 3.92. The summed E-state index contributed by atoms with van der Waals surface area (Å²) < 4.78 is 5.52. The molecule has 0 heterocycles. The highest BCUT2D eigenvalue weighted by Gasteiger charge is 2.33. The number of carbonyl (C=O) groups excluding carboxylic acids is 1. The maximum atomic E-state index is 12.5. The first-order valence-corrected chi connectivity index (χ1v) is 7.39. The quantitative estimate of drug-likeness (QED) is 0.735. The number of hydrogen-bond donors (Lipinski definition) is 0. The van der Waals surface area contributed by atoms with Gasteiger partial charge in [-0.1, -0.05) is 67.6 Å². The molecule has 0 aromatic heterocycles. The first-order valence-electron chi connectivity index (χ1n) is 7.39. The normalized spacial score (nSPS) is 13.4. The molecule has 0 bridgehead atoms. The monoisotopic (exact) mass is 282 g/mol. The van der Waals surface area contributed by atoms with Gasteiger partial charge in [0.15, 0.2) is 0 Å². The molecule has 1 unspecified atom stereocenters. The first-order chi connectivity index (χ1) is 10.1. The molecule has 2 heteroatoms. The fraction of sp³-hybridized carbons (Fsp3) is 0.316. The third kappa shape index (κ3) is 4.19. The van der Waals surface area contributed by atoms with Crippen LogP contribution in [0.4, 0.5) is 0 Å². The van der Waals surface area contributed by atoms with Crippen molar-refractivity contribution in [2.75, 3.05) is 0 Å². The molecule has 0 aliphatic carbocycles.